The number of hydrogen-bond donors (Lipinski definition) is 1. The van der Waals surface area contributed by atoms with Gasteiger partial charge in [-0.1, -0.05) is 30.7 Å². The number of carbonyl (C=O) groups is 2. The first-order valence-electron chi connectivity index (χ1n) is 8.46. The number of halogens is 1. The number of para-hydroxylation sites is 1. The van der Waals surface area contributed by atoms with Gasteiger partial charge < -0.3 is 10.1 Å². The van der Waals surface area contributed by atoms with Crippen LogP contribution in [0, 0.1) is 0 Å². The molecule has 0 saturated heterocycles. The molecule has 0 spiro atoms. The Morgan fingerprint density at radius 1 is 1.28 bits per heavy atom. The lowest BCUT2D eigenvalue weighted by molar-refractivity contribution is -0.124. The predicted molar refractivity (Wildman–Crippen MR) is 101 cm³/mol. The average molecular weight is 378 g/mol. The van der Waals surface area contributed by atoms with Crippen LogP contribution in [0.15, 0.2) is 30.3 Å². The van der Waals surface area contributed by atoms with Crippen molar-refractivity contribution in [2.45, 2.75) is 45.1 Å². The number of aryl methyl sites for hydroxylation is 2. The highest BCUT2D eigenvalue weighted by Crippen LogP contribution is 2.30. The van der Waals surface area contributed by atoms with E-state index in [4.69, 9.17) is 16.3 Å². The SMILES string of the molecule is CCC(OC(=O)c1cc2c(s1)CCCC2)C(=O)Nc1ccccc1Cl. The van der Waals surface area contributed by atoms with Crippen molar-refractivity contribution >= 4 is 40.5 Å². The zero-order valence-electron chi connectivity index (χ0n) is 14.0. The summed E-state index contributed by atoms with van der Waals surface area (Å²) in [6, 6.07) is 8.89. The molecular weight excluding hydrogens is 358 g/mol. The van der Waals surface area contributed by atoms with E-state index in [0.29, 0.717) is 22.0 Å². The zero-order valence-corrected chi connectivity index (χ0v) is 15.6. The van der Waals surface area contributed by atoms with Gasteiger partial charge >= 0.3 is 5.97 Å². The molecule has 0 bridgehead atoms. The molecule has 6 heteroatoms. The maximum absolute atomic E-state index is 12.4. The van der Waals surface area contributed by atoms with Crippen molar-refractivity contribution in [1.29, 1.82) is 0 Å². The minimum atomic E-state index is -0.845. The van der Waals surface area contributed by atoms with Crippen LogP contribution in [0.5, 0.6) is 0 Å². The Hall–Kier alpha value is -1.85. The predicted octanol–water partition coefficient (Wildman–Crippen LogP) is 4.85. The Morgan fingerprint density at radius 2 is 2.04 bits per heavy atom. The van der Waals surface area contributed by atoms with Crippen molar-refractivity contribution in [3.8, 4) is 0 Å². The molecule has 1 N–H and O–H groups in total. The molecule has 0 radical (unpaired) electrons. The van der Waals surface area contributed by atoms with Gasteiger partial charge in [0.15, 0.2) is 6.10 Å². The molecule has 1 amide bonds. The van der Waals surface area contributed by atoms with Crippen molar-refractivity contribution in [3.63, 3.8) is 0 Å². The molecule has 0 saturated carbocycles. The van der Waals surface area contributed by atoms with E-state index < -0.39 is 12.1 Å². The Bertz CT molecular complexity index is 763. The molecular formula is C19H20ClNO3S. The maximum Gasteiger partial charge on any atom is 0.349 e. The van der Waals surface area contributed by atoms with Crippen molar-refractivity contribution in [3.05, 3.63) is 50.7 Å². The molecule has 132 valence electrons. The van der Waals surface area contributed by atoms with Gasteiger partial charge in [-0.05, 0) is 55.9 Å². The summed E-state index contributed by atoms with van der Waals surface area (Å²) in [7, 11) is 0. The summed E-state index contributed by atoms with van der Waals surface area (Å²) in [5.41, 5.74) is 1.76. The topological polar surface area (TPSA) is 55.4 Å². The number of hydrogen-bond acceptors (Lipinski definition) is 4. The minimum Gasteiger partial charge on any atom is -0.448 e. The molecule has 1 unspecified atom stereocenters. The largest absolute Gasteiger partial charge is 0.448 e. The van der Waals surface area contributed by atoms with E-state index in [2.05, 4.69) is 5.32 Å². The van der Waals surface area contributed by atoms with Crippen molar-refractivity contribution in [2.24, 2.45) is 0 Å². The number of rotatable bonds is 5. The van der Waals surface area contributed by atoms with Gasteiger partial charge in [0, 0.05) is 4.88 Å². The Morgan fingerprint density at radius 3 is 2.76 bits per heavy atom. The van der Waals surface area contributed by atoms with Crippen LogP contribution in [-0.2, 0) is 22.4 Å². The third-order valence-electron chi connectivity index (χ3n) is 4.24. The van der Waals surface area contributed by atoms with E-state index in [0.717, 1.165) is 19.3 Å². The molecule has 2 aromatic rings. The number of esters is 1. The highest BCUT2D eigenvalue weighted by Gasteiger charge is 2.25. The molecule has 25 heavy (non-hydrogen) atoms. The molecule has 1 heterocycles. The first kappa shape index (κ1) is 18.0. The molecule has 1 aliphatic carbocycles. The van der Waals surface area contributed by atoms with Crippen molar-refractivity contribution in [2.75, 3.05) is 5.32 Å². The van der Waals surface area contributed by atoms with E-state index >= 15 is 0 Å². The third-order valence-corrected chi connectivity index (χ3v) is 5.79. The van der Waals surface area contributed by atoms with Crippen LogP contribution < -0.4 is 5.32 Å². The van der Waals surface area contributed by atoms with Gasteiger partial charge in [0.25, 0.3) is 5.91 Å². The lowest BCUT2D eigenvalue weighted by Gasteiger charge is -2.16. The maximum atomic E-state index is 12.4. The van der Waals surface area contributed by atoms with E-state index in [1.165, 1.54) is 28.2 Å². The van der Waals surface area contributed by atoms with Crippen LogP contribution in [-0.4, -0.2) is 18.0 Å². The van der Waals surface area contributed by atoms with E-state index in [-0.39, 0.29) is 5.91 Å². The number of ether oxygens (including phenoxy) is 1. The van der Waals surface area contributed by atoms with Crippen molar-refractivity contribution in [1.82, 2.24) is 0 Å². The first-order valence-corrected chi connectivity index (χ1v) is 9.66. The monoisotopic (exact) mass is 377 g/mol. The van der Waals surface area contributed by atoms with Gasteiger partial charge in [-0.15, -0.1) is 11.3 Å². The summed E-state index contributed by atoms with van der Waals surface area (Å²) in [5.74, 6) is -0.800. The number of carbonyl (C=O) groups excluding carboxylic acids is 2. The standard InChI is InChI=1S/C19H20ClNO3S/c1-2-15(18(22)21-14-9-5-4-8-13(14)20)24-19(23)17-11-12-7-3-6-10-16(12)25-17/h4-5,8-9,11,15H,2-3,6-7,10H2,1H3,(H,21,22). The number of thiophene rings is 1. The van der Waals surface area contributed by atoms with Gasteiger partial charge in [0.1, 0.15) is 4.88 Å². The van der Waals surface area contributed by atoms with E-state index in [1.54, 1.807) is 24.3 Å². The van der Waals surface area contributed by atoms with Crippen LogP contribution in [0.1, 0.15) is 46.3 Å². The van der Waals surface area contributed by atoms with E-state index in [9.17, 15) is 9.59 Å². The molecule has 4 nitrogen and oxygen atoms in total. The van der Waals surface area contributed by atoms with Gasteiger partial charge in [0.2, 0.25) is 0 Å². The first-order chi connectivity index (χ1) is 12.1. The van der Waals surface area contributed by atoms with Gasteiger partial charge in [-0.3, -0.25) is 4.79 Å². The average Bonchev–Trinajstić information content (AvgIpc) is 3.05. The Balaban J connectivity index is 1.66. The van der Waals surface area contributed by atoms with E-state index in [1.807, 2.05) is 13.0 Å². The number of benzene rings is 1. The molecule has 0 fully saturated rings. The number of anilines is 1. The molecule has 1 aromatic carbocycles. The van der Waals surface area contributed by atoms with Crippen LogP contribution in [0.2, 0.25) is 5.02 Å². The van der Waals surface area contributed by atoms with Crippen LogP contribution in [0.4, 0.5) is 5.69 Å². The second-order valence-corrected chi connectivity index (χ2v) is 7.58. The summed E-state index contributed by atoms with van der Waals surface area (Å²) in [6.07, 6.45) is 3.92. The van der Waals surface area contributed by atoms with Gasteiger partial charge in [-0.2, -0.15) is 0 Å². The summed E-state index contributed by atoms with van der Waals surface area (Å²) >= 11 is 7.54. The Kier molecular flexibility index (Phi) is 5.76. The fraction of sp³-hybridized carbons (Fsp3) is 0.368. The normalized spacial score (nSPS) is 14.5. The second-order valence-electron chi connectivity index (χ2n) is 6.04. The number of nitrogens with one attached hydrogen (secondary N) is 1. The summed E-state index contributed by atoms with van der Waals surface area (Å²) in [5, 5.41) is 3.17. The molecule has 1 atom stereocenters. The molecule has 1 aromatic heterocycles. The number of fused-ring (bicyclic) bond motifs is 1. The van der Waals surface area contributed by atoms with Crippen LogP contribution in [0.3, 0.4) is 0 Å². The van der Waals surface area contributed by atoms with Crippen molar-refractivity contribution < 1.29 is 14.3 Å². The summed E-state index contributed by atoms with van der Waals surface area (Å²) < 4.78 is 5.45. The van der Waals surface area contributed by atoms with Crippen LogP contribution >= 0.6 is 22.9 Å². The fourth-order valence-corrected chi connectivity index (χ4v) is 4.20. The fourth-order valence-electron chi connectivity index (χ4n) is 2.88. The quantitative estimate of drug-likeness (QED) is 0.757. The minimum absolute atomic E-state index is 0.370. The molecule has 1 aliphatic rings. The lowest BCUT2D eigenvalue weighted by Crippen LogP contribution is -2.32. The smallest absolute Gasteiger partial charge is 0.349 e. The van der Waals surface area contributed by atoms with Gasteiger partial charge in [0.05, 0.1) is 10.7 Å². The Labute approximate surface area is 156 Å². The summed E-state index contributed by atoms with van der Waals surface area (Å²) in [6.45, 7) is 1.81. The van der Waals surface area contributed by atoms with Crippen LogP contribution in [0.25, 0.3) is 0 Å². The summed E-state index contributed by atoms with van der Waals surface area (Å²) in [4.78, 5) is 26.7. The highest BCUT2D eigenvalue weighted by atomic mass is 35.5. The zero-order chi connectivity index (χ0) is 17.8. The van der Waals surface area contributed by atoms with Gasteiger partial charge in [-0.25, -0.2) is 4.79 Å². The molecule has 0 aliphatic heterocycles. The second kappa shape index (κ2) is 8.02. The molecule has 3 rings (SSSR count). The highest BCUT2D eigenvalue weighted by molar-refractivity contribution is 7.14. The number of amides is 1. The lowest BCUT2D eigenvalue weighted by atomic mass is 9.99. The third kappa shape index (κ3) is 4.22.